The SMILES string of the molecule is CCCCCn1c(=O)ccc2cnc(Nc3ccc(Br)c(Cl)c3)nc21. The Balaban J connectivity index is 1.95. The normalized spacial score (nSPS) is 11.0. The molecule has 130 valence electrons. The number of nitrogens with zero attached hydrogens (tertiary/aromatic N) is 3. The van der Waals surface area contributed by atoms with Crippen LogP contribution in [0.15, 0.2) is 45.8 Å². The van der Waals surface area contributed by atoms with Gasteiger partial charge in [-0.05, 0) is 46.6 Å². The molecule has 0 unspecified atom stereocenters. The van der Waals surface area contributed by atoms with Gasteiger partial charge in [0.15, 0.2) is 0 Å². The number of pyridine rings is 1. The summed E-state index contributed by atoms with van der Waals surface area (Å²) in [6.07, 6.45) is 4.85. The molecule has 2 heterocycles. The third-order valence-corrected chi connectivity index (χ3v) is 5.12. The lowest BCUT2D eigenvalue weighted by atomic mass is 10.2. The molecule has 7 heteroatoms. The summed E-state index contributed by atoms with van der Waals surface area (Å²) in [7, 11) is 0. The molecular formula is C18H18BrClN4O. The lowest BCUT2D eigenvalue weighted by Crippen LogP contribution is -2.20. The molecule has 3 rings (SSSR count). The molecular weight excluding hydrogens is 404 g/mol. The summed E-state index contributed by atoms with van der Waals surface area (Å²) in [5, 5.41) is 4.58. The minimum Gasteiger partial charge on any atom is -0.324 e. The zero-order valence-electron chi connectivity index (χ0n) is 13.8. The van der Waals surface area contributed by atoms with Crippen LogP contribution in [0.2, 0.25) is 5.02 Å². The van der Waals surface area contributed by atoms with Crippen LogP contribution in [0.4, 0.5) is 11.6 Å². The Bertz CT molecular complexity index is 957. The van der Waals surface area contributed by atoms with Crippen LogP contribution in [0.5, 0.6) is 0 Å². The molecule has 0 aliphatic heterocycles. The molecule has 0 saturated carbocycles. The van der Waals surface area contributed by atoms with Crippen LogP contribution < -0.4 is 10.9 Å². The molecule has 0 amide bonds. The van der Waals surface area contributed by atoms with Gasteiger partial charge in [-0.1, -0.05) is 31.4 Å². The first-order chi connectivity index (χ1) is 12.1. The number of nitrogens with one attached hydrogen (secondary N) is 1. The first kappa shape index (κ1) is 17.9. The number of benzene rings is 1. The van der Waals surface area contributed by atoms with Crippen LogP contribution in [-0.2, 0) is 6.54 Å². The molecule has 0 spiro atoms. The van der Waals surface area contributed by atoms with Gasteiger partial charge in [0.2, 0.25) is 5.95 Å². The molecule has 1 N–H and O–H groups in total. The number of fused-ring (bicyclic) bond motifs is 1. The van der Waals surface area contributed by atoms with Crippen molar-refractivity contribution < 1.29 is 0 Å². The van der Waals surface area contributed by atoms with E-state index in [4.69, 9.17) is 11.6 Å². The fourth-order valence-electron chi connectivity index (χ4n) is 2.57. The van der Waals surface area contributed by atoms with Gasteiger partial charge in [0.05, 0.1) is 5.02 Å². The van der Waals surface area contributed by atoms with Crippen molar-refractivity contribution in [1.29, 1.82) is 0 Å². The van der Waals surface area contributed by atoms with Gasteiger partial charge in [-0.15, -0.1) is 0 Å². The lowest BCUT2D eigenvalue weighted by Gasteiger charge is -2.11. The molecule has 1 aromatic carbocycles. The zero-order valence-corrected chi connectivity index (χ0v) is 16.1. The Kier molecular flexibility index (Phi) is 5.71. The number of halogens is 2. The van der Waals surface area contributed by atoms with Crippen molar-refractivity contribution in [1.82, 2.24) is 14.5 Å². The Morgan fingerprint density at radius 3 is 2.84 bits per heavy atom. The second-order valence-electron chi connectivity index (χ2n) is 5.76. The largest absolute Gasteiger partial charge is 0.324 e. The quantitative estimate of drug-likeness (QED) is 0.560. The second kappa shape index (κ2) is 7.97. The molecule has 0 aliphatic rings. The highest BCUT2D eigenvalue weighted by atomic mass is 79.9. The summed E-state index contributed by atoms with van der Waals surface area (Å²) in [5.74, 6) is 0.431. The summed E-state index contributed by atoms with van der Waals surface area (Å²) in [6.45, 7) is 2.80. The Morgan fingerprint density at radius 2 is 2.08 bits per heavy atom. The van der Waals surface area contributed by atoms with E-state index in [0.29, 0.717) is 23.2 Å². The smallest absolute Gasteiger partial charge is 0.252 e. The third-order valence-electron chi connectivity index (χ3n) is 3.88. The Labute approximate surface area is 159 Å². The maximum atomic E-state index is 12.2. The monoisotopic (exact) mass is 420 g/mol. The highest BCUT2D eigenvalue weighted by Crippen LogP contribution is 2.26. The molecule has 25 heavy (non-hydrogen) atoms. The topological polar surface area (TPSA) is 59.8 Å². The highest BCUT2D eigenvalue weighted by molar-refractivity contribution is 9.10. The van der Waals surface area contributed by atoms with Crippen LogP contribution >= 0.6 is 27.5 Å². The van der Waals surface area contributed by atoms with Crippen LogP contribution in [0.3, 0.4) is 0 Å². The maximum absolute atomic E-state index is 12.2. The summed E-state index contributed by atoms with van der Waals surface area (Å²) in [6, 6.07) is 8.85. The Morgan fingerprint density at radius 1 is 1.24 bits per heavy atom. The average molecular weight is 422 g/mol. The van der Waals surface area contributed by atoms with E-state index in [0.717, 1.165) is 34.8 Å². The van der Waals surface area contributed by atoms with E-state index >= 15 is 0 Å². The summed E-state index contributed by atoms with van der Waals surface area (Å²) >= 11 is 9.48. The fourth-order valence-corrected chi connectivity index (χ4v) is 3.00. The molecule has 0 atom stereocenters. The number of aryl methyl sites for hydroxylation is 1. The van der Waals surface area contributed by atoms with E-state index in [-0.39, 0.29) is 5.56 Å². The molecule has 0 fully saturated rings. The minimum absolute atomic E-state index is 0.0417. The zero-order chi connectivity index (χ0) is 17.8. The van der Waals surface area contributed by atoms with Crippen molar-refractivity contribution in [3.63, 3.8) is 0 Å². The van der Waals surface area contributed by atoms with Gasteiger partial charge in [0.1, 0.15) is 5.65 Å². The number of aromatic nitrogens is 3. The molecule has 2 aromatic heterocycles. The van der Waals surface area contributed by atoms with Crippen LogP contribution in [0, 0.1) is 0 Å². The van der Waals surface area contributed by atoms with Crippen LogP contribution in [0.1, 0.15) is 26.2 Å². The van der Waals surface area contributed by atoms with Crippen molar-refractivity contribution in [2.24, 2.45) is 0 Å². The van der Waals surface area contributed by atoms with E-state index in [1.165, 1.54) is 0 Å². The summed E-state index contributed by atoms with van der Waals surface area (Å²) in [5.41, 5.74) is 1.38. The van der Waals surface area contributed by atoms with E-state index in [1.807, 2.05) is 12.1 Å². The van der Waals surface area contributed by atoms with Gasteiger partial charge >= 0.3 is 0 Å². The fraction of sp³-hybridized carbons (Fsp3) is 0.278. The van der Waals surface area contributed by atoms with E-state index in [9.17, 15) is 4.79 Å². The number of hydrogen-bond acceptors (Lipinski definition) is 4. The molecule has 3 aromatic rings. The van der Waals surface area contributed by atoms with E-state index in [1.54, 1.807) is 29.0 Å². The first-order valence-corrected chi connectivity index (χ1v) is 9.34. The number of rotatable bonds is 6. The summed E-state index contributed by atoms with van der Waals surface area (Å²) < 4.78 is 2.54. The number of hydrogen-bond donors (Lipinski definition) is 1. The Hall–Kier alpha value is -1.92. The van der Waals surface area contributed by atoms with Crippen LogP contribution in [-0.4, -0.2) is 14.5 Å². The van der Waals surface area contributed by atoms with Gasteiger partial charge in [0.25, 0.3) is 5.56 Å². The van der Waals surface area contributed by atoms with Gasteiger partial charge in [-0.2, -0.15) is 4.98 Å². The molecule has 0 saturated heterocycles. The second-order valence-corrected chi connectivity index (χ2v) is 7.02. The van der Waals surface area contributed by atoms with Crippen molar-refractivity contribution in [2.45, 2.75) is 32.7 Å². The standard InChI is InChI=1S/C18H18BrClN4O/c1-2-3-4-9-24-16(25)8-5-12-11-21-18(23-17(12)24)22-13-6-7-14(19)15(20)10-13/h5-8,10-11H,2-4,9H2,1H3,(H,21,22,23). The van der Waals surface area contributed by atoms with Crippen molar-refractivity contribution >= 4 is 50.2 Å². The average Bonchev–Trinajstić information content (AvgIpc) is 2.60. The number of unbranched alkanes of at least 4 members (excludes halogenated alkanes) is 2. The predicted octanol–water partition coefficient (Wildman–Crippen LogP) is 5.14. The highest BCUT2D eigenvalue weighted by Gasteiger charge is 2.08. The summed E-state index contributed by atoms with van der Waals surface area (Å²) in [4.78, 5) is 21.1. The number of anilines is 2. The van der Waals surface area contributed by atoms with Gasteiger partial charge in [-0.3, -0.25) is 9.36 Å². The van der Waals surface area contributed by atoms with Gasteiger partial charge < -0.3 is 5.32 Å². The molecule has 0 aliphatic carbocycles. The van der Waals surface area contributed by atoms with Crippen molar-refractivity contribution in [3.05, 3.63) is 56.4 Å². The van der Waals surface area contributed by atoms with E-state index in [2.05, 4.69) is 38.1 Å². The third kappa shape index (κ3) is 4.19. The van der Waals surface area contributed by atoms with Crippen molar-refractivity contribution in [2.75, 3.05) is 5.32 Å². The van der Waals surface area contributed by atoms with Gasteiger partial charge in [0, 0.05) is 34.4 Å². The van der Waals surface area contributed by atoms with Gasteiger partial charge in [-0.25, -0.2) is 4.98 Å². The molecule has 0 bridgehead atoms. The first-order valence-electron chi connectivity index (χ1n) is 8.17. The lowest BCUT2D eigenvalue weighted by molar-refractivity contribution is 0.599. The molecule has 0 radical (unpaired) electrons. The van der Waals surface area contributed by atoms with Crippen LogP contribution in [0.25, 0.3) is 11.0 Å². The molecule has 5 nitrogen and oxygen atoms in total. The minimum atomic E-state index is -0.0417. The van der Waals surface area contributed by atoms with Crippen molar-refractivity contribution in [3.8, 4) is 0 Å². The predicted molar refractivity (Wildman–Crippen MR) is 106 cm³/mol. The van der Waals surface area contributed by atoms with E-state index < -0.39 is 0 Å². The maximum Gasteiger partial charge on any atom is 0.252 e.